The number of thiazole rings is 1. The molecule has 0 aromatic carbocycles. The van der Waals surface area contributed by atoms with Gasteiger partial charge in [-0.1, -0.05) is 5.92 Å². The molecule has 4 heteroatoms. The molecule has 0 bridgehead atoms. The number of imidazole rings is 1. The first kappa shape index (κ1) is 11.2. The summed E-state index contributed by atoms with van der Waals surface area (Å²) in [4.78, 5) is 5.52. The molecule has 2 aromatic rings. The number of fused-ring (bicyclic) bond motifs is 1. The Morgan fingerprint density at radius 1 is 1.62 bits per heavy atom. The molecule has 2 aromatic heterocycles. The maximum Gasteiger partial charge on any atom is 0.194 e. The lowest BCUT2D eigenvalue weighted by atomic mass is 10.1. The third-order valence-corrected chi connectivity index (χ3v) is 3.38. The van der Waals surface area contributed by atoms with Crippen LogP contribution in [0.3, 0.4) is 0 Å². The molecule has 0 saturated heterocycles. The first-order valence-electron chi connectivity index (χ1n) is 5.17. The number of hydrogen-bond donors (Lipinski definition) is 1. The minimum Gasteiger partial charge on any atom is -0.296 e. The van der Waals surface area contributed by atoms with E-state index in [9.17, 15) is 0 Å². The molecular weight excluding hydrogens is 218 g/mol. The molecule has 3 nitrogen and oxygen atoms in total. The van der Waals surface area contributed by atoms with Crippen LogP contribution in [0.25, 0.3) is 4.96 Å². The Morgan fingerprint density at radius 2 is 2.38 bits per heavy atom. The summed E-state index contributed by atoms with van der Waals surface area (Å²) in [5.74, 6) is 2.73. The SMILES string of the molecule is C#CC(C)(C)NCc1c(C)nc2sccn12. The Balaban J connectivity index is 2.24. The summed E-state index contributed by atoms with van der Waals surface area (Å²) in [6.45, 7) is 6.75. The lowest BCUT2D eigenvalue weighted by Gasteiger charge is -2.19. The van der Waals surface area contributed by atoms with Crippen LogP contribution in [0.5, 0.6) is 0 Å². The molecule has 0 saturated carbocycles. The average molecular weight is 233 g/mol. The molecule has 1 N–H and O–H groups in total. The van der Waals surface area contributed by atoms with Gasteiger partial charge in [-0.05, 0) is 20.8 Å². The van der Waals surface area contributed by atoms with Crippen molar-refractivity contribution in [2.75, 3.05) is 0 Å². The molecule has 0 unspecified atom stereocenters. The van der Waals surface area contributed by atoms with Gasteiger partial charge in [-0.3, -0.25) is 9.72 Å². The zero-order valence-corrected chi connectivity index (χ0v) is 10.6. The van der Waals surface area contributed by atoms with Gasteiger partial charge in [0.25, 0.3) is 0 Å². The summed E-state index contributed by atoms with van der Waals surface area (Å²) < 4.78 is 2.11. The van der Waals surface area contributed by atoms with Gasteiger partial charge in [-0.2, -0.15) is 0 Å². The predicted molar refractivity (Wildman–Crippen MR) is 67.6 cm³/mol. The molecule has 0 amide bonds. The van der Waals surface area contributed by atoms with Crippen LogP contribution in [0, 0.1) is 19.3 Å². The van der Waals surface area contributed by atoms with E-state index >= 15 is 0 Å². The van der Waals surface area contributed by atoms with Gasteiger partial charge >= 0.3 is 0 Å². The summed E-state index contributed by atoms with van der Waals surface area (Å²) in [6, 6.07) is 0. The zero-order chi connectivity index (χ0) is 11.8. The van der Waals surface area contributed by atoms with Crippen LogP contribution in [0.1, 0.15) is 25.2 Å². The van der Waals surface area contributed by atoms with Gasteiger partial charge in [0.05, 0.1) is 16.9 Å². The van der Waals surface area contributed by atoms with Crippen molar-refractivity contribution in [2.24, 2.45) is 0 Å². The topological polar surface area (TPSA) is 29.3 Å². The quantitative estimate of drug-likeness (QED) is 0.824. The lowest BCUT2D eigenvalue weighted by molar-refractivity contribution is 0.484. The van der Waals surface area contributed by atoms with E-state index in [4.69, 9.17) is 6.42 Å². The third-order valence-electron chi connectivity index (χ3n) is 2.62. The molecule has 16 heavy (non-hydrogen) atoms. The molecule has 0 aliphatic heterocycles. The van der Waals surface area contributed by atoms with Crippen LogP contribution in [-0.4, -0.2) is 14.9 Å². The van der Waals surface area contributed by atoms with Crippen molar-refractivity contribution in [1.82, 2.24) is 14.7 Å². The van der Waals surface area contributed by atoms with Crippen molar-refractivity contribution < 1.29 is 0 Å². The molecule has 2 rings (SSSR count). The highest BCUT2D eigenvalue weighted by molar-refractivity contribution is 7.15. The highest BCUT2D eigenvalue weighted by atomic mass is 32.1. The van der Waals surface area contributed by atoms with Gasteiger partial charge in [0.15, 0.2) is 4.96 Å². The molecule has 0 radical (unpaired) electrons. The molecule has 0 aliphatic rings. The Bertz CT molecular complexity index is 542. The van der Waals surface area contributed by atoms with Gasteiger partial charge in [0, 0.05) is 18.1 Å². The van der Waals surface area contributed by atoms with Gasteiger partial charge in [0.1, 0.15) is 0 Å². The number of terminal acetylenes is 1. The van der Waals surface area contributed by atoms with E-state index in [2.05, 4.69) is 20.6 Å². The van der Waals surface area contributed by atoms with Crippen molar-refractivity contribution in [1.29, 1.82) is 0 Å². The Kier molecular flexibility index (Phi) is 2.75. The monoisotopic (exact) mass is 233 g/mol. The Morgan fingerprint density at radius 3 is 3.06 bits per heavy atom. The van der Waals surface area contributed by atoms with E-state index in [1.54, 1.807) is 11.3 Å². The summed E-state index contributed by atoms with van der Waals surface area (Å²) in [5, 5.41) is 5.38. The van der Waals surface area contributed by atoms with Gasteiger partial charge in [0.2, 0.25) is 0 Å². The van der Waals surface area contributed by atoms with Gasteiger partial charge in [-0.15, -0.1) is 17.8 Å². The van der Waals surface area contributed by atoms with E-state index in [0.717, 1.165) is 17.2 Å². The smallest absolute Gasteiger partial charge is 0.194 e. The second kappa shape index (κ2) is 3.93. The normalized spacial score (nSPS) is 11.9. The first-order chi connectivity index (χ1) is 7.53. The van der Waals surface area contributed by atoms with Crippen LogP contribution in [0.4, 0.5) is 0 Å². The van der Waals surface area contributed by atoms with E-state index in [-0.39, 0.29) is 5.54 Å². The Labute approximate surface area is 99.5 Å². The summed E-state index contributed by atoms with van der Waals surface area (Å²) in [6.07, 6.45) is 7.49. The van der Waals surface area contributed by atoms with E-state index in [1.165, 1.54) is 5.69 Å². The standard InChI is InChI=1S/C12H15N3S/c1-5-12(3,4)13-8-10-9(2)14-11-15(10)6-7-16-11/h1,6-7,13H,8H2,2-4H3. The van der Waals surface area contributed by atoms with Crippen LogP contribution in [-0.2, 0) is 6.54 Å². The fraction of sp³-hybridized carbons (Fsp3) is 0.417. The second-order valence-electron chi connectivity index (χ2n) is 4.32. The van der Waals surface area contributed by atoms with Gasteiger partial charge in [-0.25, -0.2) is 4.98 Å². The largest absolute Gasteiger partial charge is 0.296 e. The van der Waals surface area contributed by atoms with Crippen molar-refractivity contribution in [3.63, 3.8) is 0 Å². The molecule has 0 atom stereocenters. The fourth-order valence-electron chi connectivity index (χ4n) is 1.51. The van der Waals surface area contributed by atoms with Crippen molar-refractivity contribution in [3.8, 4) is 12.3 Å². The van der Waals surface area contributed by atoms with Gasteiger partial charge < -0.3 is 0 Å². The number of rotatable bonds is 3. The maximum absolute atomic E-state index is 5.44. The van der Waals surface area contributed by atoms with E-state index < -0.39 is 0 Å². The number of aryl methyl sites for hydroxylation is 1. The fourth-order valence-corrected chi connectivity index (χ4v) is 2.29. The maximum atomic E-state index is 5.44. The van der Waals surface area contributed by atoms with Crippen LogP contribution >= 0.6 is 11.3 Å². The van der Waals surface area contributed by atoms with E-state index in [0.29, 0.717) is 0 Å². The van der Waals surface area contributed by atoms with Crippen molar-refractivity contribution in [2.45, 2.75) is 32.9 Å². The molecule has 84 valence electrons. The molecule has 0 aliphatic carbocycles. The number of aromatic nitrogens is 2. The number of nitrogens with zero attached hydrogens (tertiary/aromatic N) is 2. The number of nitrogens with one attached hydrogen (secondary N) is 1. The minimum atomic E-state index is -0.285. The molecular formula is C12H15N3S. The van der Waals surface area contributed by atoms with Crippen molar-refractivity contribution in [3.05, 3.63) is 23.0 Å². The van der Waals surface area contributed by atoms with Crippen LogP contribution in [0.15, 0.2) is 11.6 Å². The zero-order valence-electron chi connectivity index (χ0n) is 9.74. The van der Waals surface area contributed by atoms with Crippen LogP contribution < -0.4 is 5.32 Å². The first-order valence-corrected chi connectivity index (χ1v) is 6.05. The van der Waals surface area contributed by atoms with E-state index in [1.807, 2.05) is 32.3 Å². The number of hydrogen-bond acceptors (Lipinski definition) is 3. The Hall–Kier alpha value is -1.31. The van der Waals surface area contributed by atoms with Crippen LogP contribution in [0.2, 0.25) is 0 Å². The average Bonchev–Trinajstić information content (AvgIpc) is 2.76. The summed E-state index contributed by atoms with van der Waals surface area (Å²) >= 11 is 1.65. The minimum absolute atomic E-state index is 0.285. The highest BCUT2D eigenvalue weighted by Crippen LogP contribution is 2.17. The molecule has 0 spiro atoms. The molecule has 0 fully saturated rings. The third kappa shape index (κ3) is 1.97. The lowest BCUT2D eigenvalue weighted by Crippen LogP contribution is -2.37. The molecule has 2 heterocycles. The predicted octanol–water partition coefficient (Wildman–Crippen LogP) is 2.21. The summed E-state index contributed by atoms with van der Waals surface area (Å²) in [5.41, 5.74) is 1.96. The summed E-state index contributed by atoms with van der Waals surface area (Å²) in [7, 11) is 0. The second-order valence-corrected chi connectivity index (χ2v) is 5.20. The van der Waals surface area contributed by atoms with Crippen molar-refractivity contribution >= 4 is 16.3 Å². The highest BCUT2D eigenvalue weighted by Gasteiger charge is 2.15.